The Kier molecular flexibility index (Phi) is 9.11. The number of carbonyl (C=O) groups excluding carboxylic acids is 1. The van der Waals surface area contributed by atoms with Crippen molar-refractivity contribution < 1.29 is 32.2 Å². The van der Waals surface area contributed by atoms with Gasteiger partial charge in [0.15, 0.2) is 17.2 Å². The third kappa shape index (κ3) is 6.57. The number of halogens is 1. The Morgan fingerprint density at radius 3 is 2.34 bits per heavy atom. The minimum atomic E-state index is -3.69. The molecular weight excluding hydrogens is 532 g/mol. The van der Waals surface area contributed by atoms with Crippen molar-refractivity contribution in [2.45, 2.75) is 17.7 Å². The molecule has 0 spiro atoms. The molecule has 0 saturated carbocycles. The van der Waals surface area contributed by atoms with Crippen molar-refractivity contribution in [3.8, 4) is 23.0 Å². The van der Waals surface area contributed by atoms with Gasteiger partial charge in [0.2, 0.25) is 15.9 Å². The van der Waals surface area contributed by atoms with Crippen molar-refractivity contribution in [2.24, 2.45) is 0 Å². The first-order valence-electron chi connectivity index (χ1n) is 12.0. The van der Waals surface area contributed by atoms with Crippen LogP contribution in [0.25, 0.3) is 0 Å². The highest BCUT2D eigenvalue weighted by Gasteiger charge is 2.27. The molecule has 11 heteroatoms. The summed E-state index contributed by atoms with van der Waals surface area (Å²) in [6.45, 7) is 1.30. The Bertz CT molecular complexity index is 1390. The molecule has 0 aromatic heterocycles. The summed E-state index contributed by atoms with van der Waals surface area (Å²) in [5, 5.41) is 3.27. The molecule has 0 aliphatic carbocycles. The minimum absolute atomic E-state index is 0.0675. The number of hydrogen-bond donors (Lipinski definition) is 1. The smallest absolute Gasteiger partial charge is 0.243 e. The normalized spacial score (nSPS) is 14.1. The van der Waals surface area contributed by atoms with Gasteiger partial charge < -0.3 is 24.3 Å². The maximum Gasteiger partial charge on any atom is 0.243 e. The number of methoxy groups -OCH3 is 2. The number of hydrogen-bond acceptors (Lipinski definition) is 7. The Morgan fingerprint density at radius 1 is 0.947 bits per heavy atom. The average Bonchev–Trinajstić information content (AvgIpc) is 2.94. The van der Waals surface area contributed by atoms with E-state index in [-0.39, 0.29) is 23.6 Å². The Hall–Kier alpha value is -3.31. The predicted octanol–water partition coefficient (Wildman–Crippen LogP) is 4.74. The number of nitrogens with zero attached hydrogens (tertiary/aromatic N) is 1. The maximum absolute atomic E-state index is 13.1. The molecule has 1 saturated heterocycles. The van der Waals surface area contributed by atoms with Crippen LogP contribution in [0.1, 0.15) is 12.0 Å². The van der Waals surface area contributed by atoms with E-state index in [1.165, 1.54) is 17.5 Å². The molecule has 3 aromatic carbocycles. The molecule has 1 aliphatic heterocycles. The van der Waals surface area contributed by atoms with Crippen molar-refractivity contribution in [1.29, 1.82) is 0 Å². The van der Waals surface area contributed by atoms with E-state index in [0.29, 0.717) is 65.6 Å². The monoisotopic (exact) mass is 560 g/mol. The third-order valence-corrected chi connectivity index (χ3v) is 8.12. The van der Waals surface area contributed by atoms with E-state index in [2.05, 4.69) is 5.32 Å². The first kappa shape index (κ1) is 27.7. The number of anilines is 1. The van der Waals surface area contributed by atoms with Crippen LogP contribution in [0, 0.1) is 0 Å². The first-order chi connectivity index (χ1) is 18.3. The van der Waals surface area contributed by atoms with Gasteiger partial charge in [0.1, 0.15) is 5.75 Å². The molecule has 1 heterocycles. The summed E-state index contributed by atoms with van der Waals surface area (Å²) in [6, 6.07) is 16.8. The van der Waals surface area contributed by atoms with Gasteiger partial charge >= 0.3 is 0 Å². The lowest BCUT2D eigenvalue weighted by Crippen LogP contribution is -2.40. The lowest BCUT2D eigenvalue weighted by Gasteiger charge is -2.26. The van der Waals surface area contributed by atoms with Gasteiger partial charge in [-0.3, -0.25) is 4.79 Å². The second-order valence-electron chi connectivity index (χ2n) is 8.43. The molecule has 38 heavy (non-hydrogen) atoms. The van der Waals surface area contributed by atoms with Crippen LogP contribution >= 0.6 is 11.6 Å². The number of morpholine rings is 1. The number of benzene rings is 3. The SMILES string of the molecule is COc1ccc(S(=O)(=O)N2CCOCC2)cc1CCC(=O)Nc1cc(Cl)ccc1Oc1ccccc1OC. The summed E-state index contributed by atoms with van der Waals surface area (Å²) >= 11 is 6.18. The largest absolute Gasteiger partial charge is 0.496 e. The molecule has 4 rings (SSSR count). The van der Waals surface area contributed by atoms with Gasteiger partial charge in [-0.25, -0.2) is 8.42 Å². The summed E-state index contributed by atoms with van der Waals surface area (Å²) in [6.07, 6.45) is 0.322. The van der Waals surface area contributed by atoms with Crippen LogP contribution in [-0.4, -0.2) is 59.2 Å². The van der Waals surface area contributed by atoms with Crippen molar-refractivity contribution in [3.05, 3.63) is 71.2 Å². The molecule has 0 atom stereocenters. The van der Waals surface area contributed by atoms with Crippen LogP contribution in [0.5, 0.6) is 23.0 Å². The zero-order valence-corrected chi connectivity index (χ0v) is 22.7. The van der Waals surface area contributed by atoms with Crippen LogP contribution in [-0.2, 0) is 26.0 Å². The molecule has 0 bridgehead atoms. The second kappa shape index (κ2) is 12.5. The summed E-state index contributed by atoms with van der Waals surface area (Å²) in [4.78, 5) is 13.1. The fourth-order valence-electron chi connectivity index (χ4n) is 4.02. The van der Waals surface area contributed by atoms with Crippen molar-refractivity contribution in [2.75, 3.05) is 45.8 Å². The molecule has 1 N–H and O–H groups in total. The summed E-state index contributed by atoms with van der Waals surface area (Å²) in [5.74, 6) is 1.61. The number of amides is 1. The number of para-hydroxylation sites is 2. The number of nitrogens with one attached hydrogen (secondary N) is 1. The Morgan fingerprint density at radius 2 is 1.63 bits per heavy atom. The number of sulfonamides is 1. The van der Waals surface area contributed by atoms with Gasteiger partial charge in [-0.15, -0.1) is 0 Å². The molecule has 0 unspecified atom stereocenters. The van der Waals surface area contributed by atoms with Crippen LogP contribution in [0.4, 0.5) is 5.69 Å². The molecule has 3 aromatic rings. The van der Waals surface area contributed by atoms with Gasteiger partial charge in [-0.1, -0.05) is 23.7 Å². The van der Waals surface area contributed by atoms with E-state index in [0.717, 1.165) is 0 Å². The van der Waals surface area contributed by atoms with Gasteiger partial charge in [0.05, 0.1) is 38.0 Å². The third-order valence-electron chi connectivity index (χ3n) is 5.99. The van der Waals surface area contributed by atoms with Crippen molar-refractivity contribution >= 4 is 33.2 Å². The highest BCUT2D eigenvalue weighted by atomic mass is 35.5. The number of rotatable bonds is 10. The minimum Gasteiger partial charge on any atom is -0.496 e. The van der Waals surface area contributed by atoms with E-state index in [1.54, 1.807) is 49.6 Å². The molecule has 1 amide bonds. The quantitative estimate of drug-likeness (QED) is 0.382. The van der Waals surface area contributed by atoms with Gasteiger partial charge in [0.25, 0.3) is 0 Å². The van der Waals surface area contributed by atoms with Gasteiger partial charge in [-0.05, 0) is 60.5 Å². The number of ether oxygens (including phenoxy) is 4. The zero-order chi connectivity index (χ0) is 27.1. The van der Waals surface area contributed by atoms with Crippen LogP contribution in [0.15, 0.2) is 65.6 Å². The van der Waals surface area contributed by atoms with E-state index >= 15 is 0 Å². The standard InChI is InChI=1S/C27H29ClN2O7S/c1-34-23-11-9-21(38(32,33)30-13-15-36-16-14-30)17-19(23)7-12-27(31)29-22-18-20(28)8-10-24(22)37-26-6-4-3-5-25(26)35-2/h3-6,8-11,17-18H,7,12-16H2,1-2H3,(H,29,31). The molecule has 202 valence electrons. The fourth-order valence-corrected chi connectivity index (χ4v) is 5.65. The fraction of sp³-hybridized carbons (Fsp3) is 0.296. The molecular formula is C27H29ClN2O7S. The molecule has 0 radical (unpaired) electrons. The summed E-state index contributed by atoms with van der Waals surface area (Å²) < 4.78 is 49.6. The summed E-state index contributed by atoms with van der Waals surface area (Å²) in [5.41, 5.74) is 0.998. The second-order valence-corrected chi connectivity index (χ2v) is 10.8. The lowest BCUT2D eigenvalue weighted by atomic mass is 10.1. The van der Waals surface area contributed by atoms with E-state index in [4.69, 9.17) is 30.5 Å². The van der Waals surface area contributed by atoms with Crippen molar-refractivity contribution in [3.63, 3.8) is 0 Å². The molecule has 1 aliphatic rings. The van der Waals surface area contributed by atoms with Crippen molar-refractivity contribution in [1.82, 2.24) is 4.31 Å². The lowest BCUT2D eigenvalue weighted by molar-refractivity contribution is -0.116. The topological polar surface area (TPSA) is 103 Å². The van der Waals surface area contributed by atoms with Gasteiger partial charge in [0, 0.05) is 24.5 Å². The molecule has 9 nitrogen and oxygen atoms in total. The van der Waals surface area contributed by atoms with Crippen LogP contribution in [0.2, 0.25) is 5.02 Å². The zero-order valence-electron chi connectivity index (χ0n) is 21.1. The van der Waals surface area contributed by atoms with Gasteiger partial charge in [-0.2, -0.15) is 4.31 Å². The highest BCUT2D eigenvalue weighted by Crippen LogP contribution is 2.36. The number of aryl methyl sites for hydroxylation is 1. The number of carbonyl (C=O) groups is 1. The van der Waals surface area contributed by atoms with Crippen LogP contribution < -0.4 is 19.5 Å². The molecule has 1 fully saturated rings. The van der Waals surface area contributed by atoms with Crippen LogP contribution in [0.3, 0.4) is 0 Å². The van der Waals surface area contributed by atoms with E-state index in [9.17, 15) is 13.2 Å². The summed E-state index contributed by atoms with van der Waals surface area (Å²) in [7, 11) is -0.640. The highest BCUT2D eigenvalue weighted by molar-refractivity contribution is 7.89. The Balaban J connectivity index is 1.49. The maximum atomic E-state index is 13.1. The predicted molar refractivity (Wildman–Crippen MR) is 144 cm³/mol. The van der Waals surface area contributed by atoms with E-state index < -0.39 is 10.0 Å². The van der Waals surface area contributed by atoms with E-state index in [1.807, 2.05) is 12.1 Å². The Labute approximate surface area is 227 Å². The average molecular weight is 561 g/mol. The first-order valence-corrected chi connectivity index (χ1v) is 13.8.